The van der Waals surface area contributed by atoms with E-state index in [9.17, 15) is 19.4 Å². The first-order valence-corrected chi connectivity index (χ1v) is 15.5. The molecule has 3 aromatic rings. The molecule has 0 aliphatic carbocycles. The van der Waals surface area contributed by atoms with Crippen LogP contribution in [0.25, 0.3) is 11.1 Å². The largest absolute Gasteiger partial charge is 0.493 e. The van der Waals surface area contributed by atoms with Crippen LogP contribution < -0.4 is 9.64 Å². The summed E-state index contributed by atoms with van der Waals surface area (Å²) in [5, 5.41) is 20.0. The molecule has 2 aliphatic heterocycles. The second-order valence-electron chi connectivity index (χ2n) is 12.8. The van der Waals surface area contributed by atoms with E-state index in [0.29, 0.717) is 19.6 Å². The van der Waals surface area contributed by atoms with Gasteiger partial charge in [0.05, 0.1) is 30.5 Å². The summed E-state index contributed by atoms with van der Waals surface area (Å²) >= 11 is 0. The number of carbonyl (C=O) groups is 1. The number of aliphatic carboxylic acids is 1. The fraction of sp³-hybridized carbons (Fsp3) is 0.486. The number of aryl methyl sites for hydroxylation is 1. The number of carboxylic acids is 1. The second-order valence-corrected chi connectivity index (χ2v) is 12.8. The average Bonchev–Trinajstić information content (AvgIpc) is 2.97. The molecular weight excluding hydrogens is 545 g/mol. The summed E-state index contributed by atoms with van der Waals surface area (Å²) in [7, 11) is 0. The van der Waals surface area contributed by atoms with Crippen LogP contribution in [0, 0.1) is 18.2 Å². The summed E-state index contributed by atoms with van der Waals surface area (Å²) < 4.78 is 19.3. The van der Waals surface area contributed by atoms with Crippen molar-refractivity contribution in [2.75, 3.05) is 37.7 Å². The van der Waals surface area contributed by atoms with Gasteiger partial charge in [-0.25, -0.2) is 4.39 Å². The minimum atomic E-state index is -0.864. The lowest BCUT2D eigenvalue weighted by Crippen LogP contribution is -2.39. The molecule has 0 bridgehead atoms. The normalized spacial score (nSPS) is 17.7. The molecule has 0 spiro atoms. The molecule has 0 unspecified atom stereocenters. The number of aromatic nitrogens is 1. The van der Waals surface area contributed by atoms with Gasteiger partial charge in [-0.15, -0.1) is 0 Å². The number of likely N-dealkylation sites (tertiary alicyclic amines) is 1. The first-order valence-electron chi connectivity index (χ1n) is 15.5. The number of anilines is 1. The Balaban J connectivity index is 1.49. The molecule has 2 aromatic carbocycles. The highest BCUT2D eigenvalue weighted by Gasteiger charge is 2.31. The molecule has 0 atom stereocenters. The lowest BCUT2D eigenvalue weighted by Gasteiger charge is -2.40. The number of piperidine rings is 2. The number of aliphatic hydroxyl groups is 1. The Labute approximate surface area is 254 Å². The monoisotopic (exact) mass is 589 g/mol. The summed E-state index contributed by atoms with van der Waals surface area (Å²) in [5.74, 6) is -0.371. The number of nitrogens with zero attached hydrogens (tertiary/aromatic N) is 3. The van der Waals surface area contributed by atoms with Gasteiger partial charge in [-0.05, 0) is 73.4 Å². The van der Waals surface area contributed by atoms with Gasteiger partial charge >= 0.3 is 5.97 Å². The van der Waals surface area contributed by atoms with E-state index in [1.165, 1.54) is 12.1 Å². The minimum absolute atomic E-state index is 0.0815. The molecule has 230 valence electrons. The number of hydrogen-bond acceptors (Lipinski definition) is 6. The fourth-order valence-electron chi connectivity index (χ4n) is 6.19. The molecule has 0 saturated carbocycles. The van der Waals surface area contributed by atoms with Crippen LogP contribution in [-0.4, -0.2) is 65.0 Å². The molecular formula is C35H44FN3O4. The summed E-state index contributed by atoms with van der Waals surface area (Å²) in [6.07, 6.45) is 3.87. The molecule has 5 rings (SSSR count). The van der Waals surface area contributed by atoms with Crippen LogP contribution in [0.1, 0.15) is 62.0 Å². The smallest absolute Gasteiger partial charge is 0.307 e. The molecule has 0 radical (unpaired) electrons. The molecule has 7 nitrogen and oxygen atoms in total. The van der Waals surface area contributed by atoms with Gasteiger partial charge in [0.1, 0.15) is 11.6 Å². The van der Waals surface area contributed by atoms with Crippen molar-refractivity contribution < 1.29 is 24.1 Å². The highest BCUT2D eigenvalue weighted by Crippen LogP contribution is 2.42. The zero-order chi connectivity index (χ0) is 30.6. The summed E-state index contributed by atoms with van der Waals surface area (Å²) in [4.78, 5) is 21.9. The second kappa shape index (κ2) is 13.4. The fourth-order valence-corrected chi connectivity index (χ4v) is 6.19. The van der Waals surface area contributed by atoms with E-state index in [1.54, 1.807) is 12.1 Å². The van der Waals surface area contributed by atoms with Gasteiger partial charge in [0.15, 0.2) is 0 Å². The van der Waals surface area contributed by atoms with Crippen LogP contribution in [0.4, 0.5) is 10.1 Å². The van der Waals surface area contributed by atoms with E-state index in [1.807, 2.05) is 31.2 Å². The standard InChI is InChI=1S/C35H44FN3O4/c1-24-30(22-32(41)42)34(39-19-15-35(2,3)16-20-39)33(31(37-24)23-38-17-12-28(40)13-18-38)26-6-10-29(11-7-26)43-21-14-25-4-8-27(36)9-5-25/h4-11,28,40H,12-23H2,1-3H3,(H,41,42). The SMILES string of the molecule is Cc1nc(CN2CCC(O)CC2)c(-c2ccc(OCCc3ccc(F)cc3)cc2)c(N2CCC(C)(C)CC2)c1CC(=O)O. The van der Waals surface area contributed by atoms with Gasteiger partial charge in [-0.3, -0.25) is 14.7 Å². The zero-order valence-corrected chi connectivity index (χ0v) is 25.6. The number of hydrogen-bond donors (Lipinski definition) is 2. The third-order valence-electron chi connectivity index (χ3n) is 8.96. The Kier molecular flexibility index (Phi) is 9.67. The molecule has 2 saturated heterocycles. The van der Waals surface area contributed by atoms with Crippen LogP contribution in [0.5, 0.6) is 5.75 Å². The Morgan fingerprint density at radius 3 is 2.30 bits per heavy atom. The summed E-state index contributed by atoms with van der Waals surface area (Å²) in [6, 6.07) is 14.5. The third-order valence-corrected chi connectivity index (χ3v) is 8.96. The summed E-state index contributed by atoms with van der Waals surface area (Å²) in [5.41, 5.74) is 6.70. The van der Waals surface area contributed by atoms with Gasteiger partial charge in [-0.2, -0.15) is 0 Å². The van der Waals surface area contributed by atoms with Crippen molar-refractivity contribution in [1.29, 1.82) is 0 Å². The predicted molar refractivity (Wildman–Crippen MR) is 167 cm³/mol. The number of carboxylic acid groups (broad SMARTS) is 1. The molecule has 0 amide bonds. The minimum Gasteiger partial charge on any atom is -0.493 e. The average molecular weight is 590 g/mol. The number of rotatable bonds is 10. The third kappa shape index (κ3) is 7.92. The first kappa shape index (κ1) is 31.0. The molecule has 2 aliphatic rings. The Morgan fingerprint density at radius 2 is 1.67 bits per heavy atom. The highest BCUT2D eigenvalue weighted by atomic mass is 19.1. The number of pyridine rings is 1. The van der Waals surface area contributed by atoms with Crippen molar-refractivity contribution in [2.45, 2.75) is 71.9 Å². The van der Waals surface area contributed by atoms with E-state index < -0.39 is 5.97 Å². The van der Waals surface area contributed by atoms with Crippen LogP contribution in [0.2, 0.25) is 0 Å². The maximum absolute atomic E-state index is 13.2. The maximum Gasteiger partial charge on any atom is 0.307 e. The molecule has 2 fully saturated rings. The van der Waals surface area contributed by atoms with Gasteiger partial charge in [0.25, 0.3) is 0 Å². The predicted octanol–water partition coefficient (Wildman–Crippen LogP) is 6.03. The quantitative estimate of drug-likeness (QED) is 0.299. The Bertz CT molecular complexity index is 1390. The van der Waals surface area contributed by atoms with E-state index in [2.05, 4.69) is 23.6 Å². The van der Waals surface area contributed by atoms with Crippen molar-refractivity contribution >= 4 is 11.7 Å². The number of aliphatic hydroxyl groups excluding tert-OH is 1. The number of benzene rings is 2. The van der Waals surface area contributed by atoms with Crippen LogP contribution in [-0.2, 0) is 24.2 Å². The molecule has 8 heteroatoms. The molecule has 3 heterocycles. The zero-order valence-electron chi connectivity index (χ0n) is 25.6. The Hall–Kier alpha value is -3.49. The van der Waals surface area contributed by atoms with Gasteiger partial charge < -0.3 is 19.8 Å². The van der Waals surface area contributed by atoms with E-state index >= 15 is 0 Å². The maximum atomic E-state index is 13.2. The first-order chi connectivity index (χ1) is 20.6. The topological polar surface area (TPSA) is 86.1 Å². The molecule has 43 heavy (non-hydrogen) atoms. The van der Waals surface area contributed by atoms with Crippen molar-refractivity contribution in [1.82, 2.24) is 9.88 Å². The lowest BCUT2D eigenvalue weighted by atomic mass is 9.82. The van der Waals surface area contributed by atoms with Crippen LogP contribution in [0.3, 0.4) is 0 Å². The molecule has 2 N–H and O–H groups in total. The Morgan fingerprint density at radius 1 is 1.02 bits per heavy atom. The number of ether oxygens (including phenoxy) is 1. The van der Waals surface area contributed by atoms with Crippen molar-refractivity contribution in [3.8, 4) is 16.9 Å². The van der Waals surface area contributed by atoms with Crippen molar-refractivity contribution in [3.63, 3.8) is 0 Å². The molecule has 1 aromatic heterocycles. The van der Waals surface area contributed by atoms with Crippen LogP contribution in [0.15, 0.2) is 48.5 Å². The van der Waals surface area contributed by atoms with Crippen molar-refractivity contribution in [3.05, 3.63) is 76.9 Å². The van der Waals surface area contributed by atoms with E-state index in [-0.39, 0.29) is 23.8 Å². The van der Waals surface area contributed by atoms with Crippen LogP contribution >= 0.6 is 0 Å². The van der Waals surface area contributed by atoms with Gasteiger partial charge in [-0.1, -0.05) is 38.1 Å². The number of halogens is 1. The van der Waals surface area contributed by atoms with Gasteiger partial charge in [0.2, 0.25) is 0 Å². The summed E-state index contributed by atoms with van der Waals surface area (Å²) in [6.45, 7) is 10.9. The highest BCUT2D eigenvalue weighted by molar-refractivity contribution is 5.86. The van der Waals surface area contributed by atoms with E-state index in [0.717, 1.165) is 96.9 Å². The van der Waals surface area contributed by atoms with Crippen molar-refractivity contribution in [2.24, 2.45) is 5.41 Å². The van der Waals surface area contributed by atoms with E-state index in [4.69, 9.17) is 9.72 Å². The lowest BCUT2D eigenvalue weighted by molar-refractivity contribution is -0.136. The van der Waals surface area contributed by atoms with Gasteiger partial charge in [0, 0.05) is 56.0 Å².